The summed E-state index contributed by atoms with van der Waals surface area (Å²) in [5, 5.41) is 12.5. The van der Waals surface area contributed by atoms with Gasteiger partial charge in [-0.25, -0.2) is 0 Å². The van der Waals surface area contributed by atoms with Crippen LogP contribution in [0.3, 0.4) is 0 Å². The number of hydrazone groups is 1. The van der Waals surface area contributed by atoms with Gasteiger partial charge in [0.2, 0.25) is 0 Å². The zero-order valence-corrected chi connectivity index (χ0v) is 7.83. The zero-order valence-electron chi connectivity index (χ0n) is 7.83. The number of hydrogen-bond acceptors (Lipinski definition) is 3. The van der Waals surface area contributed by atoms with Crippen LogP contribution in [0.2, 0.25) is 0 Å². The largest absolute Gasteiger partial charge is 0.323 e. The summed E-state index contributed by atoms with van der Waals surface area (Å²) in [6.07, 6.45) is 2.69. The lowest BCUT2D eigenvalue weighted by Crippen LogP contribution is -2.15. The molecule has 0 heterocycles. The van der Waals surface area contributed by atoms with Crippen molar-refractivity contribution in [3.63, 3.8) is 0 Å². The Balaban J connectivity index is 2.38. The van der Waals surface area contributed by atoms with Crippen LogP contribution in [0.25, 0.3) is 0 Å². The average Bonchev–Trinajstić information content (AvgIpc) is 2.27. The summed E-state index contributed by atoms with van der Waals surface area (Å²) in [5.41, 5.74) is 4.29. The summed E-state index contributed by atoms with van der Waals surface area (Å²) in [5.74, 6) is 5.25. The van der Waals surface area contributed by atoms with E-state index in [1.165, 1.54) is 11.1 Å². The molecule has 2 N–H and O–H groups in total. The first kappa shape index (κ1) is 8.76. The first-order valence-corrected chi connectivity index (χ1v) is 4.61. The minimum atomic E-state index is 0.733. The molecule has 0 spiro atoms. The molecule has 14 heavy (non-hydrogen) atoms. The molecule has 1 aromatic rings. The summed E-state index contributed by atoms with van der Waals surface area (Å²) >= 11 is 0. The van der Waals surface area contributed by atoms with Crippen LogP contribution in [0.15, 0.2) is 23.3 Å². The SMILES string of the molecule is N#Cc1ccc2c(c1)CC/C(=N\N)C2. The van der Waals surface area contributed by atoms with E-state index in [4.69, 9.17) is 11.1 Å². The molecule has 0 amide bonds. The minimum absolute atomic E-state index is 0.733. The van der Waals surface area contributed by atoms with E-state index in [0.717, 1.165) is 30.5 Å². The lowest BCUT2D eigenvalue weighted by Gasteiger charge is -2.16. The van der Waals surface area contributed by atoms with E-state index >= 15 is 0 Å². The van der Waals surface area contributed by atoms with Gasteiger partial charge in [-0.1, -0.05) is 6.07 Å². The number of rotatable bonds is 0. The number of fused-ring (bicyclic) bond motifs is 1. The molecule has 0 bridgehead atoms. The zero-order chi connectivity index (χ0) is 9.97. The number of nitrogens with zero attached hydrogens (tertiary/aromatic N) is 2. The second-order valence-electron chi connectivity index (χ2n) is 3.47. The van der Waals surface area contributed by atoms with Gasteiger partial charge in [-0.05, 0) is 36.1 Å². The van der Waals surface area contributed by atoms with Crippen LogP contribution in [-0.4, -0.2) is 5.71 Å². The summed E-state index contributed by atoms with van der Waals surface area (Å²) in [6.45, 7) is 0. The Bertz CT molecular complexity index is 427. The first-order chi connectivity index (χ1) is 6.83. The Morgan fingerprint density at radius 3 is 2.86 bits per heavy atom. The van der Waals surface area contributed by atoms with Gasteiger partial charge in [0.15, 0.2) is 0 Å². The maximum Gasteiger partial charge on any atom is 0.0991 e. The Kier molecular flexibility index (Phi) is 2.19. The van der Waals surface area contributed by atoms with Crippen LogP contribution in [0.5, 0.6) is 0 Å². The average molecular weight is 185 g/mol. The minimum Gasteiger partial charge on any atom is -0.323 e. The molecule has 0 fully saturated rings. The van der Waals surface area contributed by atoms with Crippen molar-refractivity contribution < 1.29 is 0 Å². The Morgan fingerprint density at radius 2 is 2.14 bits per heavy atom. The van der Waals surface area contributed by atoms with Crippen LogP contribution in [0, 0.1) is 11.3 Å². The standard InChI is InChI=1S/C11H11N3/c12-7-8-1-2-10-6-11(14-13)4-3-9(10)5-8/h1-2,5H,3-4,6,13H2/b14-11+. The molecule has 0 atom stereocenters. The van der Waals surface area contributed by atoms with Crippen LogP contribution in [0.1, 0.15) is 23.1 Å². The van der Waals surface area contributed by atoms with Crippen molar-refractivity contribution in [3.8, 4) is 6.07 Å². The van der Waals surface area contributed by atoms with Crippen LogP contribution in [0.4, 0.5) is 0 Å². The lowest BCUT2D eigenvalue weighted by molar-refractivity contribution is 0.933. The van der Waals surface area contributed by atoms with Gasteiger partial charge in [-0.2, -0.15) is 10.4 Å². The van der Waals surface area contributed by atoms with Crippen molar-refractivity contribution in [2.24, 2.45) is 10.9 Å². The molecule has 0 aliphatic heterocycles. The van der Waals surface area contributed by atoms with Gasteiger partial charge in [0.25, 0.3) is 0 Å². The summed E-state index contributed by atoms with van der Waals surface area (Å²) in [7, 11) is 0. The number of hydrogen-bond donors (Lipinski definition) is 1. The lowest BCUT2D eigenvalue weighted by atomic mass is 9.89. The van der Waals surface area contributed by atoms with E-state index in [1.807, 2.05) is 18.2 Å². The molecule has 1 aliphatic rings. The molecule has 0 unspecified atom stereocenters. The fourth-order valence-corrected chi connectivity index (χ4v) is 1.80. The normalized spacial score (nSPS) is 17.5. The van der Waals surface area contributed by atoms with Gasteiger partial charge >= 0.3 is 0 Å². The third kappa shape index (κ3) is 1.47. The van der Waals surface area contributed by atoms with E-state index in [0.29, 0.717) is 0 Å². The highest BCUT2D eigenvalue weighted by atomic mass is 15.1. The van der Waals surface area contributed by atoms with Crippen molar-refractivity contribution in [1.29, 1.82) is 5.26 Å². The molecular weight excluding hydrogens is 174 g/mol. The molecular formula is C11H11N3. The predicted molar refractivity (Wildman–Crippen MR) is 54.8 cm³/mol. The third-order valence-corrected chi connectivity index (χ3v) is 2.60. The molecule has 2 rings (SSSR count). The van der Waals surface area contributed by atoms with Crippen LogP contribution < -0.4 is 5.84 Å². The number of nitriles is 1. The third-order valence-electron chi connectivity index (χ3n) is 2.60. The molecule has 1 aromatic carbocycles. The van der Waals surface area contributed by atoms with Crippen LogP contribution >= 0.6 is 0 Å². The number of nitrogens with two attached hydrogens (primary N) is 1. The summed E-state index contributed by atoms with van der Waals surface area (Å²) in [4.78, 5) is 0. The van der Waals surface area contributed by atoms with Gasteiger partial charge < -0.3 is 5.84 Å². The second kappa shape index (κ2) is 3.51. The van der Waals surface area contributed by atoms with Crippen molar-refractivity contribution in [2.75, 3.05) is 0 Å². The molecule has 0 saturated carbocycles. The molecule has 3 heteroatoms. The highest BCUT2D eigenvalue weighted by Gasteiger charge is 2.13. The smallest absolute Gasteiger partial charge is 0.0991 e. The Labute approximate surface area is 82.8 Å². The van der Waals surface area contributed by atoms with E-state index in [-0.39, 0.29) is 0 Å². The summed E-state index contributed by atoms with van der Waals surface area (Å²) in [6, 6.07) is 7.95. The quantitative estimate of drug-likeness (QED) is 0.490. The molecule has 1 aliphatic carbocycles. The maximum absolute atomic E-state index is 8.74. The Morgan fingerprint density at radius 1 is 1.29 bits per heavy atom. The van der Waals surface area contributed by atoms with E-state index < -0.39 is 0 Å². The topological polar surface area (TPSA) is 62.2 Å². The second-order valence-corrected chi connectivity index (χ2v) is 3.47. The van der Waals surface area contributed by atoms with Gasteiger partial charge in [-0.15, -0.1) is 0 Å². The Hall–Kier alpha value is -1.82. The molecule has 0 aromatic heterocycles. The van der Waals surface area contributed by atoms with Gasteiger partial charge in [0.05, 0.1) is 11.6 Å². The van der Waals surface area contributed by atoms with E-state index in [1.54, 1.807) is 0 Å². The molecule has 70 valence electrons. The number of aryl methyl sites for hydroxylation is 1. The van der Waals surface area contributed by atoms with Crippen LogP contribution in [-0.2, 0) is 12.8 Å². The predicted octanol–water partition coefficient (Wildman–Crippen LogP) is 1.36. The highest BCUT2D eigenvalue weighted by Crippen LogP contribution is 2.20. The van der Waals surface area contributed by atoms with Crippen molar-refractivity contribution >= 4 is 5.71 Å². The number of benzene rings is 1. The monoisotopic (exact) mass is 185 g/mol. The summed E-state index contributed by atoms with van der Waals surface area (Å²) < 4.78 is 0. The molecule has 0 saturated heterocycles. The molecule has 0 radical (unpaired) electrons. The first-order valence-electron chi connectivity index (χ1n) is 4.61. The fourth-order valence-electron chi connectivity index (χ4n) is 1.80. The van der Waals surface area contributed by atoms with Gasteiger partial charge in [0, 0.05) is 12.1 Å². The van der Waals surface area contributed by atoms with E-state index in [2.05, 4.69) is 11.2 Å². The van der Waals surface area contributed by atoms with Crippen molar-refractivity contribution in [3.05, 3.63) is 34.9 Å². The highest BCUT2D eigenvalue weighted by molar-refractivity contribution is 5.88. The van der Waals surface area contributed by atoms with Crippen molar-refractivity contribution in [2.45, 2.75) is 19.3 Å². The maximum atomic E-state index is 8.74. The van der Waals surface area contributed by atoms with Crippen molar-refractivity contribution in [1.82, 2.24) is 0 Å². The fraction of sp³-hybridized carbons (Fsp3) is 0.273. The molecule has 3 nitrogen and oxygen atoms in total. The van der Waals surface area contributed by atoms with Gasteiger partial charge in [-0.3, -0.25) is 0 Å². The van der Waals surface area contributed by atoms with E-state index in [9.17, 15) is 0 Å². The van der Waals surface area contributed by atoms with Gasteiger partial charge in [0.1, 0.15) is 0 Å².